The minimum absolute atomic E-state index is 0.139. The van der Waals surface area contributed by atoms with E-state index < -0.39 is 0 Å². The van der Waals surface area contributed by atoms with Crippen LogP contribution in [0.2, 0.25) is 0 Å². The van der Waals surface area contributed by atoms with Crippen molar-refractivity contribution in [2.45, 2.75) is 33.4 Å². The van der Waals surface area contributed by atoms with E-state index in [1.165, 1.54) is 5.56 Å². The van der Waals surface area contributed by atoms with Gasteiger partial charge in [0.15, 0.2) is 4.77 Å². The molecule has 3 aromatic heterocycles. The summed E-state index contributed by atoms with van der Waals surface area (Å²) in [6.45, 7) is 5.63. The lowest BCUT2D eigenvalue weighted by molar-refractivity contribution is 0.0954. The third-order valence-electron chi connectivity index (χ3n) is 4.94. The predicted octanol–water partition coefficient (Wildman–Crippen LogP) is 3.47. The molecule has 1 amide bonds. The summed E-state index contributed by atoms with van der Waals surface area (Å²) in [4.78, 5) is 16.9. The van der Waals surface area contributed by atoms with Gasteiger partial charge in [0.2, 0.25) is 0 Å². The van der Waals surface area contributed by atoms with Crippen molar-refractivity contribution in [3.8, 4) is 5.75 Å². The summed E-state index contributed by atoms with van der Waals surface area (Å²) in [7, 11) is 0. The molecule has 0 aliphatic heterocycles. The van der Waals surface area contributed by atoms with Crippen molar-refractivity contribution in [2.75, 3.05) is 6.54 Å². The van der Waals surface area contributed by atoms with E-state index in [2.05, 4.69) is 20.5 Å². The van der Waals surface area contributed by atoms with E-state index in [9.17, 15) is 4.79 Å². The monoisotopic (exact) mass is 436 g/mol. The summed E-state index contributed by atoms with van der Waals surface area (Å²) in [5.74, 6) is 1.38. The third-order valence-corrected chi connectivity index (χ3v) is 5.25. The molecule has 8 nitrogen and oxygen atoms in total. The number of pyridine rings is 1. The van der Waals surface area contributed by atoms with Gasteiger partial charge in [0.1, 0.15) is 23.8 Å². The van der Waals surface area contributed by atoms with Crippen LogP contribution in [0.1, 0.15) is 34.4 Å². The van der Waals surface area contributed by atoms with Gasteiger partial charge in [-0.05, 0) is 62.0 Å². The van der Waals surface area contributed by atoms with E-state index in [0.717, 1.165) is 23.7 Å². The molecule has 0 bridgehead atoms. The van der Waals surface area contributed by atoms with Crippen LogP contribution in [0.15, 0.2) is 48.8 Å². The number of carbonyl (C=O) groups excluding carboxylic acids is 1. The Bertz CT molecular complexity index is 1260. The number of aryl methyl sites for hydroxylation is 1. The van der Waals surface area contributed by atoms with Crippen LogP contribution < -0.4 is 10.1 Å². The Balaban J connectivity index is 1.29. The molecular formula is C22H24N6O2S. The molecule has 0 radical (unpaired) electrons. The highest BCUT2D eigenvalue weighted by Gasteiger charge is 2.09. The second-order valence-electron chi connectivity index (χ2n) is 7.21. The zero-order valence-electron chi connectivity index (χ0n) is 17.5. The second-order valence-corrected chi connectivity index (χ2v) is 7.60. The Morgan fingerprint density at radius 2 is 2.00 bits per heavy atom. The zero-order chi connectivity index (χ0) is 21.8. The first-order chi connectivity index (χ1) is 15.0. The number of hydrogen-bond acceptors (Lipinski definition) is 5. The fourth-order valence-corrected chi connectivity index (χ4v) is 3.62. The molecule has 0 aliphatic carbocycles. The highest BCUT2D eigenvalue weighted by Crippen LogP contribution is 2.15. The normalized spacial score (nSPS) is 11.0. The van der Waals surface area contributed by atoms with E-state index in [0.29, 0.717) is 35.7 Å². The summed E-state index contributed by atoms with van der Waals surface area (Å²) >= 11 is 5.18. The molecule has 0 saturated carbocycles. The number of amides is 1. The highest BCUT2D eigenvalue weighted by molar-refractivity contribution is 7.71. The van der Waals surface area contributed by atoms with Gasteiger partial charge in [-0.15, -0.1) is 0 Å². The molecule has 2 N–H and O–H groups in total. The van der Waals surface area contributed by atoms with Crippen LogP contribution in [0.4, 0.5) is 0 Å². The minimum Gasteiger partial charge on any atom is -0.487 e. The first kappa shape index (κ1) is 20.8. The second kappa shape index (κ2) is 9.13. The van der Waals surface area contributed by atoms with Crippen LogP contribution >= 0.6 is 12.2 Å². The Morgan fingerprint density at radius 1 is 1.19 bits per heavy atom. The maximum Gasteiger partial charge on any atom is 0.251 e. The van der Waals surface area contributed by atoms with Crippen molar-refractivity contribution in [3.63, 3.8) is 0 Å². The van der Waals surface area contributed by atoms with Gasteiger partial charge in [-0.25, -0.2) is 4.98 Å². The van der Waals surface area contributed by atoms with E-state index in [1.807, 2.05) is 47.3 Å². The number of aromatic amines is 1. The number of H-pyrrole nitrogens is 1. The standard InChI is InChI=1S/C22H24N6O2S/c1-3-28-20(25-26-22(28)31)10-11-23-21(29)16-5-7-18(8-6-16)30-14-17-13-27-12-15(2)4-9-19(27)24-17/h4-9,12-13H,3,10-11,14H2,1-2H3,(H,23,29)(H,26,31). The predicted molar refractivity (Wildman–Crippen MR) is 120 cm³/mol. The fraction of sp³-hybridized carbons (Fsp3) is 0.273. The van der Waals surface area contributed by atoms with E-state index in [4.69, 9.17) is 17.0 Å². The van der Waals surface area contributed by atoms with Crippen LogP contribution in [0.3, 0.4) is 0 Å². The summed E-state index contributed by atoms with van der Waals surface area (Å²) in [5, 5.41) is 9.89. The average molecular weight is 437 g/mol. The van der Waals surface area contributed by atoms with Gasteiger partial charge < -0.3 is 19.0 Å². The van der Waals surface area contributed by atoms with Gasteiger partial charge in [-0.3, -0.25) is 9.89 Å². The SMILES string of the molecule is CCn1c(CCNC(=O)c2ccc(OCc3cn4cc(C)ccc4n3)cc2)n[nH]c1=S. The Labute approximate surface area is 184 Å². The topological polar surface area (TPSA) is 89.2 Å². The number of nitrogens with one attached hydrogen (secondary N) is 2. The molecular weight excluding hydrogens is 412 g/mol. The number of rotatable bonds is 8. The molecule has 9 heteroatoms. The first-order valence-electron chi connectivity index (χ1n) is 10.1. The van der Waals surface area contributed by atoms with Crippen molar-refractivity contribution < 1.29 is 9.53 Å². The summed E-state index contributed by atoms with van der Waals surface area (Å²) in [6.07, 6.45) is 4.59. The van der Waals surface area contributed by atoms with E-state index in [1.54, 1.807) is 24.3 Å². The lowest BCUT2D eigenvalue weighted by atomic mass is 10.2. The van der Waals surface area contributed by atoms with Crippen LogP contribution in [0, 0.1) is 11.7 Å². The highest BCUT2D eigenvalue weighted by atomic mass is 32.1. The molecule has 4 aromatic rings. The van der Waals surface area contributed by atoms with Gasteiger partial charge in [-0.1, -0.05) is 6.07 Å². The summed E-state index contributed by atoms with van der Waals surface area (Å²) < 4.78 is 10.3. The number of imidazole rings is 1. The van der Waals surface area contributed by atoms with Crippen molar-refractivity contribution in [2.24, 2.45) is 0 Å². The van der Waals surface area contributed by atoms with Gasteiger partial charge in [0, 0.05) is 37.5 Å². The third kappa shape index (κ3) is 4.83. The molecule has 3 heterocycles. The van der Waals surface area contributed by atoms with Crippen molar-refractivity contribution in [3.05, 3.63) is 76.2 Å². The molecule has 0 atom stereocenters. The molecule has 0 fully saturated rings. The maximum atomic E-state index is 12.4. The molecule has 160 valence electrons. The number of ether oxygens (including phenoxy) is 1. The molecule has 0 spiro atoms. The summed E-state index contributed by atoms with van der Waals surface area (Å²) in [5.41, 5.74) is 3.48. The van der Waals surface area contributed by atoms with Gasteiger partial charge in [0.25, 0.3) is 5.91 Å². The number of fused-ring (bicyclic) bond motifs is 1. The van der Waals surface area contributed by atoms with Crippen LogP contribution in [-0.4, -0.2) is 36.6 Å². The fourth-order valence-electron chi connectivity index (χ4n) is 3.34. The lowest BCUT2D eigenvalue weighted by Gasteiger charge is -2.08. The smallest absolute Gasteiger partial charge is 0.251 e. The Morgan fingerprint density at radius 3 is 2.77 bits per heavy atom. The minimum atomic E-state index is -0.139. The van der Waals surface area contributed by atoms with Crippen molar-refractivity contribution in [1.29, 1.82) is 0 Å². The number of aromatic nitrogens is 5. The number of benzene rings is 1. The molecule has 0 saturated heterocycles. The van der Waals surface area contributed by atoms with E-state index in [-0.39, 0.29) is 5.91 Å². The molecule has 0 aliphatic rings. The maximum absolute atomic E-state index is 12.4. The average Bonchev–Trinajstić information content (AvgIpc) is 3.34. The molecule has 31 heavy (non-hydrogen) atoms. The number of hydrogen-bond donors (Lipinski definition) is 2. The summed E-state index contributed by atoms with van der Waals surface area (Å²) in [6, 6.07) is 11.1. The quantitative estimate of drug-likeness (QED) is 0.413. The zero-order valence-corrected chi connectivity index (χ0v) is 18.3. The van der Waals surface area contributed by atoms with Gasteiger partial charge in [-0.2, -0.15) is 5.10 Å². The Hall–Kier alpha value is -3.46. The molecule has 1 aromatic carbocycles. The van der Waals surface area contributed by atoms with Crippen LogP contribution in [0.5, 0.6) is 5.75 Å². The van der Waals surface area contributed by atoms with Crippen LogP contribution in [0.25, 0.3) is 5.65 Å². The number of nitrogens with zero attached hydrogens (tertiary/aromatic N) is 4. The molecule has 0 unspecified atom stereocenters. The molecule has 4 rings (SSSR count). The largest absolute Gasteiger partial charge is 0.487 e. The van der Waals surface area contributed by atoms with Crippen LogP contribution in [-0.2, 0) is 19.6 Å². The van der Waals surface area contributed by atoms with Gasteiger partial charge >= 0.3 is 0 Å². The van der Waals surface area contributed by atoms with Crippen molar-refractivity contribution >= 4 is 23.8 Å². The lowest BCUT2D eigenvalue weighted by Crippen LogP contribution is -2.26. The van der Waals surface area contributed by atoms with E-state index >= 15 is 0 Å². The van der Waals surface area contributed by atoms with Crippen molar-refractivity contribution in [1.82, 2.24) is 29.5 Å². The van der Waals surface area contributed by atoms with Gasteiger partial charge in [0.05, 0.1) is 5.69 Å². The Kier molecular flexibility index (Phi) is 6.13. The number of carbonyl (C=O) groups is 1. The first-order valence-corrected chi connectivity index (χ1v) is 10.5.